The first-order valence-electron chi connectivity index (χ1n) is 8.20. The zero-order valence-electron chi connectivity index (χ0n) is 14.6. The third-order valence-corrected chi connectivity index (χ3v) is 4.37. The molecule has 1 heterocycles. The molecule has 0 bridgehead atoms. The van der Waals surface area contributed by atoms with Gasteiger partial charge in [-0.2, -0.15) is 10.2 Å². The van der Waals surface area contributed by atoms with Crippen LogP contribution in [0.4, 0.5) is 0 Å². The van der Waals surface area contributed by atoms with Crippen molar-refractivity contribution >= 4 is 28.1 Å². The molecule has 0 radical (unpaired) electrons. The maximum atomic E-state index is 12.2. The number of hydrogen-bond acceptors (Lipinski definition) is 3. The minimum Gasteiger partial charge on any atom is -0.267 e. The van der Waals surface area contributed by atoms with Gasteiger partial charge in [-0.3, -0.25) is 9.48 Å². The number of aromatic nitrogens is 2. The molecule has 0 atom stereocenters. The molecule has 132 valence electrons. The predicted octanol–water partition coefficient (Wildman–Crippen LogP) is 4.07. The molecule has 0 aliphatic carbocycles. The van der Waals surface area contributed by atoms with E-state index in [0.717, 1.165) is 27.0 Å². The lowest BCUT2D eigenvalue weighted by molar-refractivity contribution is 0.0955. The van der Waals surface area contributed by atoms with Gasteiger partial charge in [0.1, 0.15) is 0 Å². The Labute approximate surface area is 160 Å². The SMILES string of the molecule is Cc1cc(C)n(Cc2ccc(C(=O)N/N=C\c3cccc(Br)c3)cc2)n1. The summed E-state index contributed by atoms with van der Waals surface area (Å²) in [6, 6.07) is 17.2. The van der Waals surface area contributed by atoms with Crippen LogP contribution < -0.4 is 5.43 Å². The Morgan fingerprint density at radius 2 is 1.96 bits per heavy atom. The second-order valence-corrected chi connectivity index (χ2v) is 6.95. The highest BCUT2D eigenvalue weighted by Crippen LogP contribution is 2.11. The number of benzene rings is 2. The highest BCUT2D eigenvalue weighted by Gasteiger charge is 2.06. The van der Waals surface area contributed by atoms with Crippen LogP contribution in [0.3, 0.4) is 0 Å². The van der Waals surface area contributed by atoms with E-state index in [9.17, 15) is 4.79 Å². The van der Waals surface area contributed by atoms with Crippen LogP contribution in [0.1, 0.15) is 32.9 Å². The summed E-state index contributed by atoms with van der Waals surface area (Å²) in [5.41, 5.74) is 7.22. The summed E-state index contributed by atoms with van der Waals surface area (Å²) in [7, 11) is 0. The smallest absolute Gasteiger partial charge is 0.267 e. The number of halogens is 1. The molecule has 0 spiro atoms. The van der Waals surface area contributed by atoms with E-state index in [-0.39, 0.29) is 5.91 Å². The minimum absolute atomic E-state index is 0.242. The Kier molecular flexibility index (Phi) is 5.63. The van der Waals surface area contributed by atoms with Gasteiger partial charge in [0, 0.05) is 15.7 Å². The quantitative estimate of drug-likeness (QED) is 0.508. The molecule has 0 unspecified atom stereocenters. The van der Waals surface area contributed by atoms with Crippen LogP contribution in [0.5, 0.6) is 0 Å². The molecule has 0 fully saturated rings. The molecule has 0 aliphatic heterocycles. The van der Waals surface area contributed by atoms with Crippen molar-refractivity contribution in [2.75, 3.05) is 0 Å². The van der Waals surface area contributed by atoms with Gasteiger partial charge in [-0.05, 0) is 55.3 Å². The Morgan fingerprint density at radius 3 is 2.62 bits per heavy atom. The number of hydrogen-bond donors (Lipinski definition) is 1. The number of nitrogens with zero attached hydrogens (tertiary/aromatic N) is 3. The van der Waals surface area contributed by atoms with Crippen molar-refractivity contribution in [3.05, 3.63) is 87.1 Å². The topological polar surface area (TPSA) is 59.3 Å². The molecule has 26 heavy (non-hydrogen) atoms. The fraction of sp³-hybridized carbons (Fsp3) is 0.150. The van der Waals surface area contributed by atoms with Gasteiger partial charge in [0.05, 0.1) is 18.5 Å². The van der Waals surface area contributed by atoms with E-state index >= 15 is 0 Å². The average molecular weight is 411 g/mol. The van der Waals surface area contributed by atoms with E-state index in [1.54, 1.807) is 18.3 Å². The monoisotopic (exact) mass is 410 g/mol. The molecule has 3 rings (SSSR count). The van der Waals surface area contributed by atoms with Gasteiger partial charge in [-0.1, -0.05) is 40.2 Å². The van der Waals surface area contributed by atoms with E-state index < -0.39 is 0 Å². The molecule has 1 amide bonds. The molecule has 0 saturated heterocycles. The van der Waals surface area contributed by atoms with E-state index in [2.05, 4.69) is 31.6 Å². The van der Waals surface area contributed by atoms with Crippen molar-refractivity contribution in [3.8, 4) is 0 Å². The van der Waals surface area contributed by atoms with E-state index in [1.165, 1.54) is 0 Å². The second-order valence-electron chi connectivity index (χ2n) is 6.04. The zero-order chi connectivity index (χ0) is 18.5. The van der Waals surface area contributed by atoms with Crippen LogP contribution in [0.15, 0.2) is 64.2 Å². The summed E-state index contributed by atoms with van der Waals surface area (Å²) in [6.45, 7) is 4.69. The Morgan fingerprint density at radius 1 is 1.19 bits per heavy atom. The average Bonchev–Trinajstić information content (AvgIpc) is 2.93. The van der Waals surface area contributed by atoms with Crippen LogP contribution >= 0.6 is 15.9 Å². The molecular weight excluding hydrogens is 392 g/mol. The fourth-order valence-corrected chi connectivity index (χ4v) is 3.00. The third kappa shape index (κ3) is 4.67. The number of nitrogens with one attached hydrogen (secondary N) is 1. The number of amides is 1. The Balaban J connectivity index is 1.61. The highest BCUT2D eigenvalue weighted by molar-refractivity contribution is 9.10. The first-order chi connectivity index (χ1) is 12.5. The molecule has 5 nitrogen and oxygen atoms in total. The highest BCUT2D eigenvalue weighted by atomic mass is 79.9. The molecule has 0 aliphatic rings. The standard InChI is InChI=1S/C20H19BrN4O/c1-14-10-15(2)25(24-14)13-16-6-8-18(9-7-16)20(26)23-22-12-17-4-3-5-19(21)11-17/h3-12H,13H2,1-2H3,(H,23,26)/b22-12-. The Hall–Kier alpha value is -2.73. The van der Waals surface area contributed by atoms with Crippen LogP contribution in [-0.2, 0) is 6.54 Å². The Bertz CT molecular complexity index is 945. The predicted molar refractivity (Wildman–Crippen MR) is 106 cm³/mol. The molecule has 1 N–H and O–H groups in total. The molecule has 3 aromatic rings. The van der Waals surface area contributed by atoms with Crippen molar-refractivity contribution in [1.82, 2.24) is 15.2 Å². The lowest BCUT2D eigenvalue weighted by Crippen LogP contribution is -2.17. The van der Waals surface area contributed by atoms with Crippen molar-refractivity contribution < 1.29 is 4.79 Å². The van der Waals surface area contributed by atoms with Gasteiger partial charge in [-0.25, -0.2) is 5.43 Å². The summed E-state index contributed by atoms with van der Waals surface area (Å²) in [5.74, 6) is -0.242. The van der Waals surface area contributed by atoms with Gasteiger partial charge >= 0.3 is 0 Å². The second kappa shape index (κ2) is 8.10. The zero-order valence-corrected chi connectivity index (χ0v) is 16.2. The number of carbonyl (C=O) groups excluding carboxylic acids is 1. The first-order valence-corrected chi connectivity index (χ1v) is 8.99. The normalized spacial score (nSPS) is 11.0. The van der Waals surface area contributed by atoms with Crippen molar-refractivity contribution in [1.29, 1.82) is 0 Å². The van der Waals surface area contributed by atoms with Gasteiger partial charge in [0.25, 0.3) is 5.91 Å². The summed E-state index contributed by atoms with van der Waals surface area (Å²) < 4.78 is 2.91. The third-order valence-electron chi connectivity index (χ3n) is 3.88. The van der Waals surface area contributed by atoms with E-state index in [4.69, 9.17) is 0 Å². The van der Waals surface area contributed by atoms with Crippen LogP contribution in [-0.4, -0.2) is 21.9 Å². The van der Waals surface area contributed by atoms with Gasteiger partial charge in [0.15, 0.2) is 0 Å². The summed E-state index contributed by atoms with van der Waals surface area (Å²) in [4.78, 5) is 12.2. The van der Waals surface area contributed by atoms with Crippen molar-refractivity contribution in [2.24, 2.45) is 5.10 Å². The number of rotatable bonds is 5. The summed E-state index contributed by atoms with van der Waals surface area (Å²) >= 11 is 3.40. The van der Waals surface area contributed by atoms with Crippen LogP contribution in [0, 0.1) is 13.8 Å². The van der Waals surface area contributed by atoms with Gasteiger partial charge in [-0.15, -0.1) is 0 Å². The lowest BCUT2D eigenvalue weighted by Gasteiger charge is -2.06. The maximum Gasteiger partial charge on any atom is 0.271 e. The lowest BCUT2D eigenvalue weighted by atomic mass is 10.1. The maximum absolute atomic E-state index is 12.2. The molecule has 1 aromatic heterocycles. The number of hydrazone groups is 1. The molecule has 0 saturated carbocycles. The number of aryl methyl sites for hydroxylation is 2. The van der Waals surface area contributed by atoms with Crippen molar-refractivity contribution in [3.63, 3.8) is 0 Å². The number of carbonyl (C=O) groups is 1. The van der Waals surface area contributed by atoms with Gasteiger partial charge in [0.2, 0.25) is 0 Å². The minimum atomic E-state index is -0.242. The molecule has 2 aromatic carbocycles. The fourth-order valence-electron chi connectivity index (χ4n) is 2.59. The van der Waals surface area contributed by atoms with E-state index in [0.29, 0.717) is 12.1 Å². The summed E-state index contributed by atoms with van der Waals surface area (Å²) in [6.07, 6.45) is 1.61. The molecular formula is C20H19BrN4O. The van der Waals surface area contributed by atoms with E-state index in [1.807, 2.05) is 61.0 Å². The summed E-state index contributed by atoms with van der Waals surface area (Å²) in [5, 5.41) is 8.46. The van der Waals surface area contributed by atoms with Crippen LogP contribution in [0.25, 0.3) is 0 Å². The molecule has 6 heteroatoms. The van der Waals surface area contributed by atoms with Crippen molar-refractivity contribution in [2.45, 2.75) is 20.4 Å². The first kappa shape index (κ1) is 18.1. The van der Waals surface area contributed by atoms with Gasteiger partial charge < -0.3 is 0 Å². The van der Waals surface area contributed by atoms with Crippen LogP contribution in [0.2, 0.25) is 0 Å². The largest absolute Gasteiger partial charge is 0.271 e.